The molecule has 1 atom stereocenters. The predicted molar refractivity (Wildman–Crippen MR) is 112 cm³/mol. The smallest absolute Gasteiger partial charge is 0.227 e. The van der Waals surface area contributed by atoms with E-state index in [1.54, 1.807) is 35.4 Å². The molecular formula is C23H23N3O3. The minimum absolute atomic E-state index is 0.0242. The van der Waals surface area contributed by atoms with E-state index in [0.717, 1.165) is 24.0 Å². The lowest BCUT2D eigenvalue weighted by molar-refractivity contribution is -0.129. The van der Waals surface area contributed by atoms with Crippen LogP contribution in [0.1, 0.15) is 43.4 Å². The monoisotopic (exact) mass is 389 g/mol. The molecule has 2 N–H and O–H groups in total. The molecule has 1 saturated carbocycles. The van der Waals surface area contributed by atoms with E-state index in [0.29, 0.717) is 11.4 Å². The number of fused-ring (bicyclic) bond motifs is 1. The molecule has 6 nitrogen and oxygen atoms in total. The molecule has 0 aromatic heterocycles. The summed E-state index contributed by atoms with van der Waals surface area (Å²) in [6.07, 6.45) is 5.63. The van der Waals surface area contributed by atoms with Crippen molar-refractivity contribution >= 4 is 35.2 Å². The van der Waals surface area contributed by atoms with Gasteiger partial charge in [0.1, 0.15) is 0 Å². The van der Waals surface area contributed by atoms with Crippen LogP contribution in [-0.4, -0.2) is 22.6 Å². The molecule has 6 heteroatoms. The van der Waals surface area contributed by atoms with Crippen LogP contribution in [0, 0.1) is 5.92 Å². The number of nitrogens with zero attached hydrogens (tertiary/aromatic N) is 1. The molecule has 0 bridgehead atoms. The van der Waals surface area contributed by atoms with Gasteiger partial charge in [-0.1, -0.05) is 30.3 Å². The number of carbonyl (C=O) groups is 3. The van der Waals surface area contributed by atoms with Crippen molar-refractivity contribution in [3.05, 3.63) is 65.9 Å². The number of carbonyl (C=O) groups excluding carboxylic acids is 3. The van der Waals surface area contributed by atoms with Gasteiger partial charge in [0, 0.05) is 30.4 Å². The number of rotatable bonds is 5. The van der Waals surface area contributed by atoms with Gasteiger partial charge in [0.25, 0.3) is 0 Å². The largest absolute Gasteiger partial charge is 0.326 e. The molecule has 148 valence electrons. The lowest BCUT2D eigenvalue weighted by Crippen LogP contribution is -2.33. The number of nitrogens with one attached hydrogen (secondary N) is 2. The Bertz CT molecular complexity index is 994. The molecular weight excluding hydrogens is 366 g/mol. The first-order valence-electron chi connectivity index (χ1n) is 9.78. The van der Waals surface area contributed by atoms with Gasteiger partial charge in [-0.15, -0.1) is 0 Å². The summed E-state index contributed by atoms with van der Waals surface area (Å²) < 4.78 is 0. The van der Waals surface area contributed by atoms with E-state index in [9.17, 15) is 14.4 Å². The number of hydrogen-bond acceptors (Lipinski definition) is 3. The van der Waals surface area contributed by atoms with E-state index in [2.05, 4.69) is 10.6 Å². The number of amides is 3. The molecule has 1 fully saturated rings. The fraction of sp³-hybridized carbons (Fsp3) is 0.261. The Hall–Kier alpha value is -3.41. The SMILES string of the molecule is CC(=O)N1C=Cc2ccccc2[C@@H]1CC(=O)Nc1cccc(NC(=O)C2CC2)c1. The Morgan fingerprint density at radius 1 is 1.00 bits per heavy atom. The first-order chi connectivity index (χ1) is 14.0. The minimum atomic E-state index is -0.355. The molecule has 1 heterocycles. The Morgan fingerprint density at radius 3 is 2.45 bits per heavy atom. The van der Waals surface area contributed by atoms with Crippen LogP contribution < -0.4 is 10.6 Å². The van der Waals surface area contributed by atoms with Gasteiger partial charge in [-0.3, -0.25) is 14.4 Å². The lowest BCUT2D eigenvalue weighted by atomic mass is 9.93. The quantitative estimate of drug-likeness (QED) is 0.813. The van der Waals surface area contributed by atoms with Gasteiger partial charge in [-0.25, -0.2) is 0 Å². The highest BCUT2D eigenvalue weighted by Crippen LogP contribution is 2.33. The molecule has 1 aliphatic heterocycles. The van der Waals surface area contributed by atoms with Gasteiger partial charge in [0.15, 0.2) is 0 Å². The van der Waals surface area contributed by atoms with Crippen molar-refractivity contribution in [2.24, 2.45) is 5.92 Å². The average molecular weight is 389 g/mol. The highest BCUT2D eigenvalue weighted by Gasteiger charge is 2.30. The highest BCUT2D eigenvalue weighted by atomic mass is 16.2. The third kappa shape index (κ3) is 4.37. The zero-order valence-corrected chi connectivity index (χ0v) is 16.2. The van der Waals surface area contributed by atoms with E-state index in [-0.39, 0.29) is 36.1 Å². The average Bonchev–Trinajstić information content (AvgIpc) is 3.53. The summed E-state index contributed by atoms with van der Waals surface area (Å²) in [7, 11) is 0. The van der Waals surface area contributed by atoms with Crippen LogP contribution in [0.5, 0.6) is 0 Å². The second kappa shape index (κ2) is 7.91. The van der Waals surface area contributed by atoms with E-state index >= 15 is 0 Å². The van der Waals surface area contributed by atoms with Crippen molar-refractivity contribution < 1.29 is 14.4 Å². The van der Waals surface area contributed by atoms with Gasteiger partial charge < -0.3 is 15.5 Å². The van der Waals surface area contributed by atoms with Crippen LogP contribution in [0.4, 0.5) is 11.4 Å². The zero-order chi connectivity index (χ0) is 20.4. The maximum Gasteiger partial charge on any atom is 0.227 e. The molecule has 2 aromatic rings. The molecule has 0 saturated heterocycles. The van der Waals surface area contributed by atoms with Crippen molar-refractivity contribution in [3.63, 3.8) is 0 Å². The summed E-state index contributed by atoms with van der Waals surface area (Å²) >= 11 is 0. The Kier molecular flexibility index (Phi) is 5.16. The molecule has 0 unspecified atom stereocenters. The van der Waals surface area contributed by atoms with Gasteiger partial charge in [-0.2, -0.15) is 0 Å². The van der Waals surface area contributed by atoms with Gasteiger partial charge in [0.2, 0.25) is 17.7 Å². The Balaban J connectivity index is 1.46. The Morgan fingerprint density at radius 2 is 1.72 bits per heavy atom. The molecule has 2 aromatic carbocycles. The standard InChI is InChI=1S/C23H23N3O3/c1-15(27)26-12-11-16-5-2-3-8-20(16)21(26)14-22(28)24-18-6-4-7-19(13-18)25-23(29)17-9-10-17/h2-8,11-13,17,21H,9-10,14H2,1H3,(H,24,28)(H,25,29)/t21-/m0/s1. The first-order valence-corrected chi connectivity index (χ1v) is 9.78. The van der Waals surface area contributed by atoms with E-state index in [1.165, 1.54) is 6.92 Å². The van der Waals surface area contributed by atoms with Crippen LogP contribution in [-0.2, 0) is 14.4 Å². The maximum absolute atomic E-state index is 12.7. The molecule has 1 aliphatic carbocycles. The zero-order valence-electron chi connectivity index (χ0n) is 16.2. The summed E-state index contributed by atoms with van der Waals surface area (Å²) in [6.45, 7) is 1.50. The van der Waals surface area contributed by atoms with Crippen LogP contribution in [0.2, 0.25) is 0 Å². The number of anilines is 2. The van der Waals surface area contributed by atoms with E-state index < -0.39 is 0 Å². The summed E-state index contributed by atoms with van der Waals surface area (Å²) in [5, 5.41) is 5.77. The third-order valence-corrected chi connectivity index (χ3v) is 5.21. The van der Waals surface area contributed by atoms with Crippen LogP contribution in [0.25, 0.3) is 6.08 Å². The topological polar surface area (TPSA) is 78.5 Å². The highest BCUT2D eigenvalue weighted by molar-refractivity contribution is 5.96. The first kappa shape index (κ1) is 18.9. The minimum Gasteiger partial charge on any atom is -0.326 e. The third-order valence-electron chi connectivity index (χ3n) is 5.21. The molecule has 0 spiro atoms. The molecule has 3 amide bonds. The summed E-state index contributed by atoms with van der Waals surface area (Å²) in [6, 6.07) is 14.5. The van der Waals surface area contributed by atoms with Crippen molar-refractivity contribution in [1.82, 2.24) is 4.90 Å². The van der Waals surface area contributed by atoms with Crippen LogP contribution in [0.15, 0.2) is 54.7 Å². The summed E-state index contributed by atoms with van der Waals surface area (Å²) in [4.78, 5) is 38.4. The molecule has 29 heavy (non-hydrogen) atoms. The van der Waals surface area contributed by atoms with Gasteiger partial charge in [0.05, 0.1) is 12.5 Å². The second-order valence-corrected chi connectivity index (χ2v) is 7.48. The fourth-order valence-electron chi connectivity index (χ4n) is 3.57. The Labute approximate surface area is 169 Å². The van der Waals surface area contributed by atoms with Gasteiger partial charge in [-0.05, 0) is 48.2 Å². The van der Waals surface area contributed by atoms with Crippen molar-refractivity contribution in [2.45, 2.75) is 32.2 Å². The summed E-state index contributed by atoms with van der Waals surface area (Å²) in [5.74, 6) is -0.170. The maximum atomic E-state index is 12.7. The number of benzene rings is 2. The van der Waals surface area contributed by atoms with Crippen LogP contribution in [0.3, 0.4) is 0 Å². The van der Waals surface area contributed by atoms with Crippen LogP contribution >= 0.6 is 0 Å². The lowest BCUT2D eigenvalue weighted by Gasteiger charge is -2.32. The van der Waals surface area contributed by atoms with E-state index in [4.69, 9.17) is 0 Å². The van der Waals surface area contributed by atoms with Gasteiger partial charge >= 0.3 is 0 Å². The molecule has 0 radical (unpaired) electrons. The summed E-state index contributed by atoms with van der Waals surface area (Å²) in [5.41, 5.74) is 3.23. The molecule has 4 rings (SSSR count). The predicted octanol–water partition coefficient (Wildman–Crippen LogP) is 3.94. The fourth-order valence-corrected chi connectivity index (χ4v) is 3.57. The second-order valence-electron chi connectivity index (χ2n) is 7.48. The number of hydrogen-bond donors (Lipinski definition) is 2. The normalized spacial score (nSPS) is 17.4. The van der Waals surface area contributed by atoms with Crippen molar-refractivity contribution in [1.29, 1.82) is 0 Å². The van der Waals surface area contributed by atoms with E-state index in [1.807, 2.05) is 30.3 Å². The molecule has 2 aliphatic rings. The van der Waals surface area contributed by atoms with Crippen molar-refractivity contribution in [2.75, 3.05) is 10.6 Å². The van der Waals surface area contributed by atoms with Crippen molar-refractivity contribution in [3.8, 4) is 0 Å².